The molecular weight excluding hydrogens is 217 g/mol. The molecule has 1 unspecified atom stereocenters. The molecule has 2 heterocycles. The van der Waals surface area contributed by atoms with Gasteiger partial charge in [-0.1, -0.05) is 12.1 Å². The van der Waals surface area contributed by atoms with Crippen molar-refractivity contribution in [1.82, 2.24) is 9.55 Å². The van der Waals surface area contributed by atoms with Gasteiger partial charge in [-0.3, -0.25) is 0 Å². The highest BCUT2D eigenvalue weighted by atomic mass is 19.1. The zero-order chi connectivity index (χ0) is 11.8. The van der Waals surface area contributed by atoms with Crippen LogP contribution in [-0.4, -0.2) is 9.55 Å². The molecule has 1 aliphatic heterocycles. The average Bonchev–Trinajstić information content (AvgIpc) is 2.68. The van der Waals surface area contributed by atoms with Crippen molar-refractivity contribution < 1.29 is 4.39 Å². The van der Waals surface area contributed by atoms with Crippen molar-refractivity contribution in [3.63, 3.8) is 0 Å². The van der Waals surface area contributed by atoms with E-state index in [4.69, 9.17) is 0 Å². The third-order valence-corrected chi connectivity index (χ3v) is 3.11. The fourth-order valence-electron chi connectivity index (χ4n) is 2.30. The van der Waals surface area contributed by atoms with Gasteiger partial charge in [0.25, 0.3) is 0 Å². The number of nitrogens with zero attached hydrogens (tertiary/aromatic N) is 2. The van der Waals surface area contributed by atoms with E-state index in [0.717, 1.165) is 30.2 Å². The lowest BCUT2D eigenvalue weighted by atomic mass is 10.0. The molecule has 0 saturated heterocycles. The highest BCUT2D eigenvalue weighted by molar-refractivity contribution is 5.36. The van der Waals surface area contributed by atoms with Crippen LogP contribution < -0.4 is 5.32 Å². The minimum Gasteiger partial charge on any atom is -0.349 e. The summed E-state index contributed by atoms with van der Waals surface area (Å²) in [6.07, 6.45) is 2.98. The van der Waals surface area contributed by atoms with Crippen LogP contribution in [0.3, 0.4) is 0 Å². The number of fused-ring (bicyclic) bond motifs is 1. The Hall–Kier alpha value is -1.84. The Bertz CT molecular complexity index is 547. The second-order valence-electron chi connectivity index (χ2n) is 4.44. The van der Waals surface area contributed by atoms with Crippen LogP contribution in [0.25, 0.3) is 0 Å². The second-order valence-corrected chi connectivity index (χ2v) is 4.44. The Labute approximate surface area is 99.3 Å². The molecule has 1 aliphatic rings. The van der Waals surface area contributed by atoms with E-state index in [1.807, 2.05) is 19.2 Å². The average molecular weight is 231 g/mol. The van der Waals surface area contributed by atoms with Crippen LogP contribution in [-0.2, 0) is 6.54 Å². The van der Waals surface area contributed by atoms with Gasteiger partial charge in [-0.05, 0) is 31.0 Å². The Morgan fingerprint density at radius 3 is 3.18 bits per heavy atom. The van der Waals surface area contributed by atoms with Crippen molar-refractivity contribution >= 4 is 5.95 Å². The van der Waals surface area contributed by atoms with Gasteiger partial charge in [0.05, 0.1) is 11.7 Å². The summed E-state index contributed by atoms with van der Waals surface area (Å²) in [6.45, 7) is 2.90. The number of hydrogen-bond acceptors (Lipinski definition) is 2. The lowest BCUT2D eigenvalue weighted by molar-refractivity contribution is 0.538. The molecule has 0 saturated carbocycles. The molecule has 0 radical (unpaired) electrons. The number of anilines is 1. The van der Waals surface area contributed by atoms with Crippen molar-refractivity contribution in [3.05, 3.63) is 47.5 Å². The molecule has 3 rings (SSSR count). The summed E-state index contributed by atoms with van der Waals surface area (Å²) in [5, 5.41) is 3.35. The van der Waals surface area contributed by atoms with Crippen LogP contribution in [0, 0.1) is 12.7 Å². The molecule has 4 heteroatoms. The highest BCUT2D eigenvalue weighted by Crippen LogP contribution is 2.28. The Balaban J connectivity index is 1.88. The number of halogens is 1. The van der Waals surface area contributed by atoms with E-state index in [9.17, 15) is 4.39 Å². The van der Waals surface area contributed by atoms with Crippen LogP contribution in [0.15, 0.2) is 30.5 Å². The van der Waals surface area contributed by atoms with E-state index < -0.39 is 0 Å². The van der Waals surface area contributed by atoms with E-state index in [0.29, 0.717) is 0 Å². The Kier molecular flexibility index (Phi) is 2.35. The maximum atomic E-state index is 13.2. The monoisotopic (exact) mass is 231 g/mol. The molecule has 0 bridgehead atoms. The quantitative estimate of drug-likeness (QED) is 0.817. The van der Waals surface area contributed by atoms with Crippen LogP contribution in [0.4, 0.5) is 10.3 Å². The molecule has 1 atom stereocenters. The van der Waals surface area contributed by atoms with E-state index in [-0.39, 0.29) is 11.9 Å². The summed E-state index contributed by atoms with van der Waals surface area (Å²) in [4.78, 5) is 4.41. The van der Waals surface area contributed by atoms with Gasteiger partial charge in [0, 0.05) is 12.7 Å². The topological polar surface area (TPSA) is 29.9 Å². The van der Waals surface area contributed by atoms with Crippen molar-refractivity contribution in [2.24, 2.45) is 0 Å². The number of hydrogen-bond donors (Lipinski definition) is 1. The minimum atomic E-state index is -0.186. The van der Waals surface area contributed by atoms with Gasteiger partial charge in [-0.15, -0.1) is 0 Å². The van der Waals surface area contributed by atoms with Crippen molar-refractivity contribution in [2.45, 2.75) is 25.9 Å². The summed E-state index contributed by atoms with van der Waals surface area (Å²) >= 11 is 0. The third kappa shape index (κ3) is 1.90. The molecule has 2 aromatic rings. The molecule has 1 aromatic carbocycles. The number of aryl methyl sites for hydroxylation is 2. The van der Waals surface area contributed by atoms with Gasteiger partial charge >= 0.3 is 0 Å². The molecule has 0 amide bonds. The molecule has 88 valence electrons. The molecule has 3 nitrogen and oxygen atoms in total. The number of benzene rings is 1. The lowest BCUT2D eigenvalue weighted by Gasteiger charge is -2.25. The minimum absolute atomic E-state index is 0.153. The normalized spacial score (nSPS) is 18.6. The molecule has 17 heavy (non-hydrogen) atoms. The number of rotatable bonds is 1. The first kappa shape index (κ1) is 10.3. The summed E-state index contributed by atoms with van der Waals surface area (Å²) in [7, 11) is 0. The van der Waals surface area contributed by atoms with Gasteiger partial charge in [0.15, 0.2) is 0 Å². The summed E-state index contributed by atoms with van der Waals surface area (Å²) in [6, 6.07) is 6.91. The number of aromatic nitrogens is 2. The van der Waals surface area contributed by atoms with E-state index >= 15 is 0 Å². The van der Waals surface area contributed by atoms with Crippen molar-refractivity contribution in [2.75, 3.05) is 5.32 Å². The maximum Gasteiger partial charge on any atom is 0.203 e. The Morgan fingerprint density at radius 2 is 2.35 bits per heavy atom. The largest absolute Gasteiger partial charge is 0.349 e. The van der Waals surface area contributed by atoms with Crippen LogP contribution in [0.2, 0.25) is 0 Å². The SMILES string of the molecule is Cc1cn2c(n1)NC(c1cccc(F)c1)CC2. The predicted octanol–water partition coefficient (Wildman–Crippen LogP) is 2.89. The summed E-state index contributed by atoms with van der Waals surface area (Å²) < 4.78 is 15.3. The molecule has 1 N–H and O–H groups in total. The van der Waals surface area contributed by atoms with Crippen LogP contribution in [0.5, 0.6) is 0 Å². The number of nitrogens with one attached hydrogen (secondary N) is 1. The van der Waals surface area contributed by atoms with E-state index in [1.165, 1.54) is 6.07 Å². The summed E-state index contributed by atoms with van der Waals surface area (Å²) in [5.41, 5.74) is 1.99. The predicted molar refractivity (Wildman–Crippen MR) is 64.3 cm³/mol. The van der Waals surface area contributed by atoms with Crippen molar-refractivity contribution in [1.29, 1.82) is 0 Å². The zero-order valence-corrected chi connectivity index (χ0v) is 9.65. The third-order valence-electron chi connectivity index (χ3n) is 3.11. The molecule has 0 spiro atoms. The maximum absolute atomic E-state index is 13.2. The van der Waals surface area contributed by atoms with Gasteiger partial charge in [0.2, 0.25) is 5.95 Å². The smallest absolute Gasteiger partial charge is 0.203 e. The van der Waals surface area contributed by atoms with Gasteiger partial charge < -0.3 is 9.88 Å². The first-order chi connectivity index (χ1) is 8.22. The second kappa shape index (κ2) is 3.87. The number of imidazole rings is 1. The van der Waals surface area contributed by atoms with Gasteiger partial charge in [-0.2, -0.15) is 0 Å². The fraction of sp³-hybridized carbons (Fsp3) is 0.308. The first-order valence-corrected chi connectivity index (χ1v) is 5.78. The van der Waals surface area contributed by atoms with Crippen molar-refractivity contribution in [3.8, 4) is 0 Å². The molecule has 1 aromatic heterocycles. The Morgan fingerprint density at radius 1 is 1.47 bits per heavy atom. The molecule has 0 aliphatic carbocycles. The fourth-order valence-corrected chi connectivity index (χ4v) is 2.30. The molecular formula is C13H14FN3. The van der Waals surface area contributed by atoms with Gasteiger partial charge in [0.1, 0.15) is 5.82 Å². The first-order valence-electron chi connectivity index (χ1n) is 5.78. The van der Waals surface area contributed by atoms with Crippen LogP contribution in [0.1, 0.15) is 23.7 Å². The summed E-state index contributed by atoms with van der Waals surface area (Å²) in [5.74, 6) is 0.692. The highest BCUT2D eigenvalue weighted by Gasteiger charge is 2.20. The lowest BCUT2D eigenvalue weighted by Crippen LogP contribution is -2.21. The van der Waals surface area contributed by atoms with E-state index in [1.54, 1.807) is 12.1 Å². The van der Waals surface area contributed by atoms with Gasteiger partial charge in [-0.25, -0.2) is 9.37 Å². The standard InChI is InChI=1S/C13H14FN3/c1-9-8-17-6-5-12(16-13(17)15-9)10-3-2-4-11(14)7-10/h2-4,7-8,12H,5-6H2,1H3,(H,15,16). The van der Waals surface area contributed by atoms with Crippen LogP contribution >= 0.6 is 0 Å². The zero-order valence-electron chi connectivity index (χ0n) is 9.65. The van der Waals surface area contributed by atoms with E-state index in [2.05, 4.69) is 14.9 Å². The molecule has 0 fully saturated rings.